The molecule has 1 aromatic rings. The molecule has 6 N–H and O–H groups in total. The van der Waals surface area contributed by atoms with Crippen molar-refractivity contribution in [3.05, 3.63) is 35.4 Å². The van der Waals surface area contributed by atoms with Gasteiger partial charge < -0.3 is 31.4 Å². The van der Waals surface area contributed by atoms with E-state index in [-0.39, 0.29) is 11.1 Å². The van der Waals surface area contributed by atoms with Gasteiger partial charge in [0.15, 0.2) is 0 Å². The molecule has 0 aliphatic carbocycles. The van der Waals surface area contributed by atoms with Crippen molar-refractivity contribution in [3.8, 4) is 0 Å². The van der Waals surface area contributed by atoms with Crippen molar-refractivity contribution < 1.29 is 34.2 Å². The molecule has 11 nitrogen and oxygen atoms in total. The number of benzene rings is 1. The fraction of sp³-hybridized carbons (Fsp3) is 0.154. The lowest BCUT2D eigenvalue weighted by Crippen LogP contribution is -2.35. The van der Waals surface area contributed by atoms with Gasteiger partial charge in [0.25, 0.3) is 11.8 Å². The van der Waals surface area contributed by atoms with Crippen LogP contribution in [0, 0.1) is 0 Å². The van der Waals surface area contributed by atoms with Gasteiger partial charge in [-0.15, -0.1) is 0 Å². The number of esters is 1. The Kier molecular flexibility index (Phi) is 6.70. The Bertz CT molecular complexity index is 687. The van der Waals surface area contributed by atoms with Gasteiger partial charge in [0.2, 0.25) is 0 Å². The lowest BCUT2D eigenvalue weighted by Gasteiger charge is -2.09. The van der Waals surface area contributed by atoms with Crippen LogP contribution in [0.3, 0.4) is 0 Å². The number of amidine groups is 1. The first-order chi connectivity index (χ1) is 11.3. The third-order valence-electron chi connectivity index (χ3n) is 2.53. The Labute approximate surface area is 135 Å². The molecule has 0 saturated heterocycles. The standard InChI is InChI=1S/C13H14N4O7/c14-13(17-23)24-10(20)6-16-12(22)8-4-2-1-3-7(8)11(21)15-5-9(18)19/h1-4,23H,5-6H2,(H2,14,17)(H,15,21)(H,16,22)(H,18,19). The summed E-state index contributed by atoms with van der Waals surface area (Å²) >= 11 is 0. The highest BCUT2D eigenvalue weighted by Gasteiger charge is 2.18. The van der Waals surface area contributed by atoms with Gasteiger partial charge in [0, 0.05) is 0 Å². The molecule has 0 fully saturated rings. The average molecular weight is 338 g/mol. The second-order valence-electron chi connectivity index (χ2n) is 4.22. The highest BCUT2D eigenvalue weighted by Crippen LogP contribution is 2.08. The summed E-state index contributed by atoms with van der Waals surface area (Å²) in [7, 11) is 0. The highest BCUT2D eigenvalue weighted by molar-refractivity contribution is 6.08. The first-order valence-corrected chi connectivity index (χ1v) is 6.40. The van der Waals surface area contributed by atoms with Crippen molar-refractivity contribution in [2.24, 2.45) is 10.9 Å². The summed E-state index contributed by atoms with van der Waals surface area (Å²) in [5.41, 5.74) is 4.82. The summed E-state index contributed by atoms with van der Waals surface area (Å²) < 4.78 is 4.31. The number of hydrogen-bond acceptors (Lipinski definition) is 7. The molecule has 0 aliphatic rings. The van der Waals surface area contributed by atoms with Crippen molar-refractivity contribution in [3.63, 3.8) is 0 Å². The zero-order valence-electron chi connectivity index (χ0n) is 12.2. The van der Waals surface area contributed by atoms with Crippen LogP contribution in [0.1, 0.15) is 20.7 Å². The van der Waals surface area contributed by atoms with Gasteiger partial charge >= 0.3 is 18.0 Å². The van der Waals surface area contributed by atoms with E-state index in [9.17, 15) is 19.2 Å². The van der Waals surface area contributed by atoms with Gasteiger partial charge in [-0.3, -0.25) is 14.4 Å². The van der Waals surface area contributed by atoms with Crippen molar-refractivity contribution in [1.82, 2.24) is 10.6 Å². The molecule has 0 unspecified atom stereocenters. The second kappa shape index (κ2) is 8.73. The predicted octanol–water partition coefficient (Wildman–Crippen LogP) is -1.52. The summed E-state index contributed by atoms with van der Waals surface area (Å²) in [6.07, 6.45) is 0. The first-order valence-electron chi connectivity index (χ1n) is 6.40. The van der Waals surface area contributed by atoms with Crippen molar-refractivity contribution in [1.29, 1.82) is 0 Å². The largest absolute Gasteiger partial charge is 0.480 e. The van der Waals surface area contributed by atoms with E-state index in [1.807, 2.05) is 0 Å². The van der Waals surface area contributed by atoms with Crippen LogP contribution < -0.4 is 16.4 Å². The molecule has 11 heteroatoms. The Morgan fingerprint density at radius 3 is 2.00 bits per heavy atom. The zero-order chi connectivity index (χ0) is 18.1. The molecule has 0 aliphatic heterocycles. The van der Waals surface area contributed by atoms with Gasteiger partial charge in [-0.2, -0.15) is 0 Å². The molecule has 1 aromatic carbocycles. The molecule has 128 valence electrons. The van der Waals surface area contributed by atoms with Crippen LogP contribution in [0.4, 0.5) is 0 Å². The normalized spacial score (nSPS) is 10.6. The lowest BCUT2D eigenvalue weighted by molar-refractivity contribution is -0.136. The minimum Gasteiger partial charge on any atom is -0.480 e. The Morgan fingerprint density at radius 2 is 1.54 bits per heavy atom. The highest BCUT2D eigenvalue weighted by atomic mass is 16.6. The van der Waals surface area contributed by atoms with Gasteiger partial charge in [-0.25, -0.2) is 4.79 Å². The number of oxime groups is 1. The van der Waals surface area contributed by atoms with Crippen molar-refractivity contribution >= 4 is 29.8 Å². The lowest BCUT2D eigenvalue weighted by atomic mass is 10.1. The molecule has 2 amide bonds. The number of nitrogens with two attached hydrogens (primary N) is 1. The first kappa shape index (κ1) is 18.4. The molecule has 0 saturated carbocycles. The second-order valence-corrected chi connectivity index (χ2v) is 4.22. The molecule has 0 heterocycles. The van der Waals surface area contributed by atoms with E-state index < -0.39 is 42.9 Å². The van der Waals surface area contributed by atoms with Crippen LogP contribution in [0.15, 0.2) is 29.4 Å². The summed E-state index contributed by atoms with van der Waals surface area (Å²) in [6, 6.07) is 4.82. The van der Waals surface area contributed by atoms with Gasteiger partial charge in [-0.05, 0) is 17.3 Å². The smallest absolute Gasteiger partial charge is 0.333 e. The molecule has 0 spiro atoms. The molecule has 0 radical (unpaired) electrons. The van der Waals surface area contributed by atoms with Crippen molar-refractivity contribution in [2.75, 3.05) is 13.1 Å². The van der Waals surface area contributed by atoms with E-state index in [1.165, 1.54) is 24.3 Å². The monoisotopic (exact) mass is 338 g/mol. The van der Waals surface area contributed by atoms with Crippen LogP contribution in [-0.4, -0.2) is 53.2 Å². The molecule has 1 rings (SSSR count). The SMILES string of the molecule is N/C(=N\O)OC(=O)CNC(=O)c1ccccc1C(=O)NCC(=O)O. The molecule has 0 atom stereocenters. The predicted molar refractivity (Wildman–Crippen MR) is 78.2 cm³/mol. The maximum absolute atomic E-state index is 12.0. The third-order valence-corrected chi connectivity index (χ3v) is 2.53. The van der Waals surface area contributed by atoms with Gasteiger partial charge in [0.1, 0.15) is 13.1 Å². The number of ether oxygens (including phenoxy) is 1. The summed E-state index contributed by atoms with van der Waals surface area (Å²) in [5, 5.41) is 23.5. The maximum Gasteiger partial charge on any atom is 0.333 e. The summed E-state index contributed by atoms with van der Waals surface area (Å²) in [4.78, 5) is 45.7. The number of nitrogens with one attached hydrogen (secondary N) is 2. The van der Waals surface area contributed by atoms with E-state index in [2.05, 4.69) is 20.5 Å². The number of carbonyl (C=O) groups excluding carboxylic acids is 3. The number of carboxylic acid groups (broad SMARTS) is 1. The van der Waals surface area contributed by atoms with Crippen molar-refractivity contribution in [2.45, 2.75) is 0 Å². The number of carboxylic acids is 1. The van der Waals surface area contributed by atoms with Crippen LogP contribution in [-0.2, 0) is 14.3 Å². The number of rotatable bonds is 6. The molecule has 0 aromatic heterocycles. The average Bonchev–Trinajstić information content (AvgIpc) is 2.57. The van der Waals surface area contributed by atoms with Crippen LogP contribution in [0.5, 0.6) is 0 Å². The third kappa shape index (κ3) is 5.63. The maximum atomic E-state index is 12.0. The molecular weight excluding hydrogens is 324 g/mol. The summed E-state index contributed by atoms with van der Waals surface area (Å²) in [5.74, 6) is -3.77. The fourth-order valence-electron chi connectivity index (χ4n) is 1.55. The minimum absolute atomic E-state index is 0.0685. The number of carbonyl (C=O) groups is 4. The van der Waals surface area contributed by atoms with Crippen LogP contribution in [0.2, 0.25) is 0 Å². The van der Waals surface area contributed by atoms with E-state index in [4.69, 9.17) is 16.0 Å². The van der Waals surface area contributed by atoms with Gasteiger partial charge in [0.05, 0.1) is 11.1 Å². The topological polar surface area (TPSA) is 180 Å². The molecule has 24 heavy (non-hydrogen) atoms. The van der Waals surface area contributed by atoms with E-state index in [0.717, 1.165) is 0 Å². The molecular formula is C13H14N4O7. The van der Waals surface area contributed by atoms with Crippen LogP contribution >= 0.6 is 0 Å². The van der Waals surface area contributed by atoms with E-state index in [1.54, 1.807) is 0 Å². The zero-order valence-corrected chi connectivity index (χ0v) is 12.2. The van der Waals surface area contributed by atoms with Gasteiger partial charge in [-0.1, -0.05) is 12.1 Å². The minimum atomic E-state index is -1.24. The fourth-order valence-corrected chi connectivity index (χ4v) is 1.55. The molecule has 0 bridgehead atoms. The Balaban J connectivity index is 2.75. The quantitative estimate of drug-likeness (QED) is 0.136. The summed E-state index contributed by atoms with van der Waals surface area (Å²) in [6.45, 7) is -1.21. The Morgan fingerprint density at radius 1 is 1.04 bits per heavy atom. The Hall–Kier alpha value is -3.63. The number of aliphatic carboxylic acids is 1. The number of nitrogens with zero attached hydrogens (tertiary/aromatic N) is 1. The number of amides is 2. The number of hydrogen-bond donors (Lipinski definition) is 5. The van der Waals surface area contributed by atoms with E-state index >= 15 is 0 Å². The van der Waals surface area contributed by atoms with E-state index in [0.29, 0.717) is 0 Å². The van der Waals surface area contributed by atoms with Crippen LogP contribution in [0.25, 0.3) is 0 Å².